The van der Waals surface area contributed by atoms with Gasteiger partial charge < -0.3 is 15.5 Å². The first-order valence-corrected chi connectivity index (χ1v) is 6.90. The zero-order valence-electron chi connectivity index (χ0n) is 12.3. The summed E-state index contributed by atoms with van der Waals surface area (Å²) in [5.74, 6) is -0.234. The maximum Gasteiger partial charge on any atom is 0.292 e. The Hall–Kier alpha value is -2.15. The van der Waals surface area contributed by atoms with Crippen molar-refractivity contribution in [2.75, 3.05) is 32.9 Å². The van der Waals surface area contributed by atoms with Crippen LogP contribution in [0.15, 0.2) is 18.2 Å². The van der Waals surface area contributed by atoms with Crippen LogP contribution in [-0.4, -0.2) is 53.9 Å². The van der Waals surface area contributed by atoms with Crippen LogP contribution in [-0.2, 0) is 0 Å². The van der Waals surface area contributed by atoms with Gasteiger partial charge in [-0.1, -0.05) is 6.07 Å². The molecule has 1 heterocycles. The molecule has 0 radical (unpaired) electrons. The van der Waals surface area contributed by atoms with Crippen LogP contribution in [0.1, 0.15) is 23.2 Å². The minimum Gasteiger partial charge on any atom is -0.393 e. The number of benzene rings is 1. The topological polar surface area (TPSA) is 92.7 Å². The molecule has 1 fully saturated rings. The van der Waals surface area contributed by atoms with Gasteiger partial charge in [0.05, 0.1) is 10.5 Å². The molecule has 0 bridgehead atoms. The normalized spacial score (nSPS) is 18.8. The zero-order valence-corrected chi connectivity index (χ0v) is 12.3. The smallest absolute Gasteiger partial charge is 0.292 e. The first-order valence-electron chi connectivity index (χ1n) is 6.90. The number of piperidine rings is 1. The molecule has 7 heteroatoms. The summed E-state index contributed by atoms with van der Waals surface area (Å²) < 4.78 is 0. The van der Waals surface area contributed by atoms with Gasteiger partial charge in [-0.15, -0.1) is 0 Å². The third-order valence-electron chi connectivity index (χ3n) is 3.92. The number of para-hydroxylation sites is 1. The maximum absolute atomic E-state index is 12.6. The van der Waals surface area contributed by atoms with E-state index in [1.54, 1.807) is 11.0 Å². The SMILES string of the molecule is CN(C)C1CCCN(C(=O)c2cccc([N+](=O)[O-])c2N)C1. The Bertz CT molecular complexity index is 559. The molecule has 0 aliphatic carbocycles. The molecule has 1 unspecified atom stereocenters. The molecule has 1 amide bonds. The van der Waals surface area contributed by atoms with Gasteiger partial charge in [-0.2, -0.15) is 0 Å². The van der Waals surface area contributed by atoms with E-state index in [9.17, 15) is 14.9 Å². The van der Waals surface area contributed by atoms with Crippen molar-refractivity contribution in [3.8, 4) is 0 Å². The van der Waals surface area contributed by atoms with Crippen molar-refractivity contribution in [3.63, 3.8) is 0 Å². The lowest BCUT2D eigenvalue weighted by Gasteiger charge is -2.36. The number of hydrogen-bond donors (Lipinski definition) is 1. The van der Waals surface area contributed by atoms with E-state index in [2.05, 4.69) is 4.90 Å². The number of nitrogen functional groups attached to an aromatic ring is 1. The van der Waals surface area contributed by atoms with Crippen LogP contribution in [0.4, 0.5) is 11.4 Å². The summed E-state index contributed by atoms with van der Waals surface area (Å²) in [7, 11) is 3.97. The number of likely N-dealkylation sites (N-methyl/N-ethyl adjacent to an activating group) is 1. The first-order chi connectivity index (χ1) is 9.91. The van der Waals surface area contributed by atoms with E-state index >= 15 is 0 Å². The molecule has 0 aromatic heterocycles. The quantitative estimate of drug-likeness (QED) is 0.515. The second kappa shape index (κ2) is 6.09. The Morgan fingerprint density at radius 1 is 1.48 bits per heavy atom. The lowest BCUT2D eigenvalue weighted by molar-refractivity contribution is -0.383. The molecule has 1 aliphatic rings. The van der Waals surface area contributed by atoms with Crippen molar-refractivity contribution in [2.24, 2.45) is 0 Å². The first kappa shape index (κ1) is 15.2. The van der Waals surface area contributed by atoms with Crippen molar-refractivity contribution < 1.29 is 9.72 Å². The van der Waals surface area contributed by atoms with Gasteiger partial charge >= 0.3 is 0 Å². The molecule has 7 nitrogen and oxygen atoms in total. The number of carbonyl (C=O) groups excluding carboxylic acids is 1. The lowest BCUT2D eigenvalue weighted by atomic mass is 10.0. The molecule has 1 aromatic carbocycles. The highest BCUT2D eigenvalue weighted by molar-refractivity contribution is 6.01. The Balaban J connectivity index is 2.24. The number of hydrogen-bond acceptors (Lipinski definition) is 5. The van der Waals surface area contributed by atoms with Gasteiger partial charge in [-0.05, 0) is 33.0 Å². The standard InChI is InChI=1S/C14H20N4O3/c1-16(2)10-5-4-8-17(9-10)14(19)11-6-3-7-12(13(11)15)18(20)21/h3,6-7,10H,4-5,8-9,15H2,1-2H3. The Morgan fingerprint density at radius 2 is 2.19 bits per heavy atom. The monoisotopic (exact) mass is 292 g/mol. The van der Waals surface area contributed by atoms with Crippen LogP contribution in [0.25, 0.3) is 0 Å². The molecular formula is C14H20N4O3. The van der Waals surface area contributed by atoms with Gasteiger partial charge in [0.2, 0.25) is 0 Å². The number of nitro benzene ring substituents is 1. The highest BCUT2D eigenvalue weighted by Crippen LogP contribution is 2.27. The maximum atomic E-state index is 12.6. The van der Waals surface area contributed by atoms with Gasteiger partial charge in [0.15, 0.2) is 0 Å². The summed E-state index contributed by atoms with van der Waals surface area (Å²) in [5, 5.41) is 10.9. The summed E-state index contributed by atoms with van der Waals surface area (Å²) >= 11 is 0. The van der Waals surface area contributed by atoms with Crippen LogP contribution in [0, 0.1) is 10.1 Å². The molecule has 1 aromatic rings. The van der Waals surface area contributed by atoms with Crippen molar-refractivity contribution in [3.05, 3.63) is 33.9 Å². The number of rotatable bonds is 3. The number of nitrogens with zero attached hydrogens (tertiary/aromatic N) is 3. The predicted molar refractivity (Wildman–Crippen MR) is 80.1 cm³/mol. The fourth-order valence-electron chi connectivity index (χ4n) is 2.63. The molecule has 1 aliphatic heterocycles. The third kappa shape index (κ3) is 3.13. The van der Waals surface area contributed by atoms with Crippen molar-refractivity contribution >= 4 is 17.3 Å². The fourth-order valence-corrected chi connectivity index (χ4v) is 2.63. The van der Waals surface area contributed by atoms with E-state index in [1.165, 1.54) is 12.1 Å². The average Bonchev–Trinajstić information content (AvgIpc) is 2.46. The molecule has 0 saturated carbocycles. The van der Waals surface area contributed by atoms with Crippen molar-refractivity contribution in [1.29, 1.82) is 0 Å². The third-order valence-corrected chi connectivity index (χ3v) is 3.92. The van der Waals surface area contributed by atoms with E-state index < -0.39 is 4.92 Å². The Kier molecular flexibility index (Phi) is 4.42. The van der Waals surface area contributed by atoms with Gasteiger partial charge in [-0.3, -0.25) is 14.9 Å². The fraction of sp³-hybridized carbons (Fsp3) is 0.500. The van der Waals surface area contributed by atoms with Gasteiger partial charge in [0.1, 0.15) is 5.69 Å². The van der Waals surface area contributed by atoms with Crippen LogP contribution in [0.5, 0.6) is 0 Å². The molecular weight excluding hydrogens is 272 g/mol. The summed E-state index contributed by atoms with van der Waals surface area (Å²) in [6, 6.07) is 4.66. The largest absolute Gasteiger partial charge is 0.393 e. The second-order valence-electron chi connectivity index (χ2n) is 5.51. The molecule has 114 valence electrons. The highest BCUT2D eigenvalue weighted by Gasteiger charge is 2.28. The van der Waals surface area contributed by atoms with Crippen LogP contribution < -0.4 is 5.73 Å². The van der Waals surface area contributed by atoms with Crippen molar-refractivity contribution in [2.45, 2.75) is 18.9 Å². The molecule has 2 N–H and O–H groups in total. The number of nitrogens with two attached hydrogens (primary N) is 1. The van der Waals surface area contributed by atoms with E-state index in [0.29, 0.717) is 19.1 Å². The second-order valence-corrected chi connectivity index (χ2v) is 5.51. The molecule has 0 spiro atoms. The number of amides is 1. The van der Waals surface area contributed by atoms with E-state index in [4.69, 9.17) is 5.73 Å². The van der Waals surface area contributed by atoms with Crippen LogP contribution in [0.2, 0.25) is 0 Å². The minimum absolute atomic E-state index is 0.0560. The zero-order chi connectivity index (χ0) is 15.6. The van der Waals surface area contributed by atoms with Gasteiger partial charge in [0, 0.05) is 25.2 Å². The van der Waals surface area contributed by atoms with Gasteiger partial charge in [0.25, 0.3) is 11.6 Å². The molecule has 21 heavy (non-hydrogen) atoms. The van der Waals surface area contributed by atoms with Gasteiger partial charge in [-0.25, -0.2) is 0 Å². The number of nitro groups is 1. The molecule has 2 rings (SSSR count). The summed E-state index contributed by atoms with van der Waals surface area (Å²) in [4.78, 5) is 26.7. The number of likely N-dealkylation sites (tertiary alicyclic amines) is 1. The highest BCUT2D eigenvalue weighted by atomic mass is 16.6. The van der Waals surface area contributed by atoms with E-state index in [1.807, 2.05) is 14.1 Å². The van der Waals surface area contributed by atoms with Crippen molar-refractivity contribution in [1.82, 2.24) is 9.80 Å². The Morgan fingerprint density at radius 3 is 2.81 bits per heavy atom. The summed E-state index contributed by atoms with van der Waals surface area (Å²) in [6.07, 6.45) is 1.96. The van der Waals surface area contributed by atoms with Crippen LogP contribution >= 0.6 is 0 Å². The lowest BCUT2D eigenvalue weighted by Crippen LogP contribution is -2.47. The molecule has 1 saturated heterocycles. The minimum atomic E-state index is -0.565. The average molecular weight is 292 g/mol. The van der Waals surface area contributed by atoms with E-state index in [-0.39, 0.29) is 22.8 Å². The number of anilines is 1. The van der Waals surface area contributed by atoms with E-state index in [0.717, 1.165) is 12.8 Å². The Labute approximate surface area is 123 Å². The summed E-state index contributed by atoms with van der Waals surface area (Å²) in [5.41, 5.74) is 5.72. The number of carbonyl (C=O) groups is 1. The summed E-state index contributed by atoms with van der Waals surface area (Å²) in [6.45, 7) is 1.28. The molecule has 1 atom stereocenters. The predicted octanol–water partition coefficient (Wildman–Crippen LogP) is 1.34. The van der Waals surface area contributed by atoms with Crippen LogP contribution in [0.3, 0.4) is 0 Å².